The lowest BCUT2D eigenvalue weighted by Gasteiger charge is -2.06. The molecule has 0 aliphatic rings. The van der Waals surface area contributed by atoms with E-state index in [-0.39, 0.29) is 12.6 Å². The second kappa shape index (κ2) is 6.50. The van der Waals surface area contributed by atoms with Gasteiger partial charge in [-0.25, -0.2) is 0 Å². The fourth-order valence-corrected chi connectivity index (χ4v) is 2.54. The third-order valence-corrected chi connectivity index (χ3v) is 3.60. The summed E-state index contributed by atoms with van der Waals surface area (Å²) in [6.45, 7) is 4.04. The molecule has 0 aliphatic heterocycles. The second-order valence-corrected chi connectivity index (χ2v) is 5.62. The molecule has 3 aromatic rings. The van der Waals surface area contributed by atoms with Crippen LogP contribution in [0.2, 0.25) is 0 Å². The van der Waals surface area contributed by atoms with Crippen molar-refractivity contribution in [1.29, 1.82) is 5.26 Å². The van der Waals surface area contributed by atoms with Gasteiger partial charge in [0.1, 0.15) is 23.0 Å². The van der Waals surface area contributed by atoms with E-state index in [1.807, 2.05) is 42.8 Å². The minimum atomic E-state index is -0.00835. The number of carbonyl (C=O) groups is 1. The van der Waals surface area contributed by atoms with Crippen LogP contribution in [-0.4, -0.2) is 27.7 Å². The Kier molecular flexibility index (Phi) is 4.25. The Morgan fingerprint density at radius 2 is 2.21 bits per heavy atom. The van der Waals surface area contributed by atoms with Crippen molar-refractivity contribution in [3.63, 3.8) is 0 Å². The molecule has 0 aliphatic carbocycles. The monoisotopic (exact) mass is 320 g/mol. The predicted molar refractivity (Wildman–Crippen MR) is 89.8 cm³/mol. The highest BCUT2D eigenvalue weighted by Gasteiger charge is 2.16. The van der Waals surface area contributed by atoms with E-state index in [4.69, 9.17) is 10.00 Å². The molecule has 0 saturated carbocycles. The van der Waals surface area contributed by atoms with Crippen LogP contribution in [0, 0.1) is 11.3 Å². The van der Waals surface area contributed by atoms with Crippen molar-refractivity contribution in [1.82, 2.24) is 14.8 Å². The maximum atomic E-state index is 11.0. The molecule has 3 rings (SSSR count). The number of hydrogen-bond donors (Lipinski definition) is 0. The fourth-order valence-electron chi connectivity index (χ4n) is 2.54. The molecule has 2 aromatic heterocycles. The van der Waals surface area contributed by atoms with Gasteiger partial charge in [0.2, 0.25) is 0 Å². The molecule has 0 unspecified atom stereocenters. The predicted octanol–water partition coefficient (Wildman–Crippen LogP) is 3.39. The number of benzene rings is 1. The Hall–Kier alpha value is -3.20. The Morgan fingerprint density at radius 3 is 2.92 bits per heavy atom. The number of rotatable bonds is 5. The molecule has 0 amide bonds. The third-order valence-electron chi connectivity index (χ3n) is 3.60. The molecule has 6 heteroatoms. The van der Waals surface area contributed by atoms with Crippen molar-refractivity contribution in [3.8, 4) is 23.1 Å². The molecule has 2 heterocycles. The number of nitriles is 1. The van der Waals surface area contributed by atoms with Gasteiger partial charge in [-0.1, -0.05) is 12.1 Å². The van der Waals surface area contributed by atoms with E-state index in [1.54, 1.807) is 18.3 Å². The van der Waals surface area contributed by atoms with Gasteiger partial charge in [-0.3, -0.25) is 14.5 Å². The summed E-state index contributed by atoms with van der Waals surface area (Å²) in [7, 11) is 0. The molecule has 0 N–H and O–H groups in total. The van der Waals surface area contributed by atoms with E-state index in [0.717, 1.165) is 28.6 Å². The summed E-state index contributed by atoms with van der Waals surface area (Å²) in [5.41, 5.74) is 3.63. The largest absolute Gasteiger partial charge is 0.479 e. The van der Waals surface area contributed by atoms with Crippen molar-refractivity contribution >= 4 is 17.3 Å². The first-order chi connectivity index (χ1) is 11.6. The quantitative estimate of drug-likeness (QED) is 0.673. The number of hydrogen-bond acceptors (Lipinski definition) is 5. The Morgan fingerprint density at radius 1 is 1.38 bits per heavy atom. The minimum Gasteiger partial charge on any atom is -0.479 e. The minimum absolute atomic E-state index is 0.00835. The first-order valence-electron chi connectivity index (χ1n) is 7.57. The van der Waals surface area contributed by atoms with E-state index in [1.165, 1.54) is 0 Å². The second-order valence-electron chi connectivity index (χ2n) is 5.62. The molecule has 0 bridgehead atoms. The highest BCUT2D eigenvalue weighted by atomic mass is 16.5. The van der Waals surface area contributed by atoms with E-state index in [0.29, 0.717) is 11.3 Å². The Labute approximate surface area is 139 Å². The van der Waals surface area contributed by atoms with Crippen LogP contribution in [-0.2, 0) is 0 Å². The lowest BCUT2D eigenvalue weighted by molar-refractivity contribution is 0.112. The van der Waals surface area contributed by atoms with Gasteiger partial charge in [-0.2, -0.15) is 10.4 Å². The van der Waals surface area contributed by atoms with Crippen LogP contribution in [0.15, 0.2) is 36.5 Å². The summed E-state index contributed by atoms with van der Waals surface area (Å²) >= 11 is 0. The number of aldehydes is 1. The highest BCUT2D eigenvalue weighted by Crippen LogP contribution is 2.30. The number of aromatic nitrogens is 3. The topological polar surface area (TPSA) is 80.8 Å². The lowest BCUT2D eigenvalue weighted by Crippen LogP contribution is -2.02. The van der Waals surface area contributed by atoms with E-state index in [9.17, 15) is 4.79 Å². The Balaban J connectivity index is 2.16. The number of nitrogens with zero attached hydrogens (tertiary/aromatic N) is 4. The van der Waals surface area contributed by atoms with E-state index >= 15 is 0 Å². The number of carbonyl (C=O) groups excluding carboxylic acids is 1. The molecule has 1 aromatic carbocycles. The molecule has 24 heavy (non-hydrogen) atoms. The van der Waals surface area contributed by atoms with Crippen LogP contribution in [0.3, 0.4) is 0 Å². The van der Waals surface area contributed by atoms with Crippen molar-refractivity contribution < 1.29 is 9.53 Å². The van der Waals surface area contributed by atoms with Gasteiger partial charge in [0, 0.05) is 23.4 Å². The first kappa shape index (κ1) is 15.7. The zero-order valence-corrected chi connectivity index (χ0v) is 13.4. The van der Waals surface area contributed by atoms with Crippen molar-refractivity contribution in [2.75, 3.05) is 6.61 Å². The number of fused-ring (bicyclic) bond motifs is 1. The van der Waals surface area contributed by atoms with Gasteiger partial charge in [0.15, 0.2) is 12.9 Å². The number of pyridine rings is 1. The van der Waals surface area contributed by atoms with Crippen molar-refractivity contribution in [2.45, 2.75) is 19.9 Å². The van der Waals surface area contributed by atoms with Gasteiger partial charge < -0.3 is 4.74 Å². The first-order valence-corrected chi connectivity index (χ1v) is 7.57. The van der Waals surface area contributed by atoms with Gasteiger partial charge in [0.05, 0.1) is 5.52 Å². The van der Waals surface area contributed by atoms with Gasteiger partial charge in [-0.05, 0) is 32.0 Å². The molecule has 0 radical (unpaired) electrons. The summed E-state index contributed by atoms with van der Waals surface area (Å²) in [6, 6.07) is 11.3. The van der Waals surface area contributed by atoms with Crippen LogP contribution < -0.4 is 4.74 Å². The van der Waals surface area contributed by atoms with E-state index < -0.39 is 0 Å². The summed E-state index contributed by atoms with van der Waals surface area (Å²) in [6.07, 6.45) is 2.32. The van der Waals surface area contributed by atoms with Crippen LogP contribution in [0.5, 0.6) is 5.75 Å². The molecular weight excluding hydrogens is 304 g/mol. The average molecular weight is 320 g/mol. The third kappa shape index (κ3) is 2.84. The maximum Gasteiger partial charge on any atom is 0.174 e. The number of ether oxygens (including phenoxy) is 1. The van der Waals surface area contributed by atoms with Crippen LogP contribution in [0.1, 0.15) is 30.2 Å². The summed E-state index contributed by atoms with van der Waals surface area (Å²) < 4.78 is 7.21. The Bertz CT molecular complexity index is 938. The molecular formula is C18H16N4O2. The maximum absolute atomic E-state index is 11.0. The lowest BCUT2D eigenvalue weighted by atomic mass is 10.1. The van der Waals surface area contributed by atoms with Crippen molar-refractivity contribution in [2.24, 2.45) is 0 Å². The SMILES string of the molecule is CC(C)n1nc(-c2cccc(OCC#N)c2)c2ncc(C=O)cc21. The van der Waals surface area contributed by atoms with Gasteiger partial charge in [-0.15, -0.1) is 0 Å². The van der Waals surface area contributed by atoms with Crippen LogP contribution >= 0.6 is 0 Å². The molecule has 0 spiro atoms. The highest BCUT2D eigenvalue weighted by molar-refractivity contribution is 5.93. The molecule has 6 nitrogen and oxygen atoms in total. The average Bonchev–Trinajstić information content (AvgIpc) is 2.99. The molecule has 120 valence electrons. The molecule has 0 saturated heterocycles. The normalized spacial score (nSPS) is 10.8. The zero-order valence-electron chi connectivity index (χ0n) is 13.4. The summed E-state index contributed by atoms with van der Waals surface area (Å²) in [5.74, 6) is 0.603. The molecule has 0 fully saturated rings. The van der Waals surface area contributed by atoms with Crippen LogP contribution in [0.25, 0.3) is 22.3 Å². The van der Waals surface area contributed by atoms with Gasteiger partial charge >= 0.3 is 0 Å². The summed E-state index contributed by atoms with van der Waals surface area (Å²) in [5, 5.41) is 13.3. The smallest absolute Gasteiger partial charge is 0.174 e. The molecule has 0 atom stereocenters. The van der Waals surface area contributed by atoms with Gasteiger partial charge in [0.25, 0.3) is 0 Å². The van der Waals surface area contributed by atoms with Crippen LogP contribution in [0.4, 0.5) is 0 Å². The zero-order chi connectivity index (χ0) is 17.1. The summed E-state index contributed by atoms with van der Waals surface area (Å²) in [4.78, 5) is 15.5. The fraction of sp³-hybridized carbons (Fsp3) is 0.222. The van der Waals surface area contributed by atoms with Crippen molar-refractivity contribution in [3.05, 3.63) is 42.1 Å². The van der Waals surface area contributed by atoms with E-state index in [2.05, 4.69) is 10.1 Å². The standard InChI is InChI=1S/C18H16N4O2/c1-12(2)22-16-8-13(11-23)10-20-18(16)17(21-22)14-4-3-5-15(9-14)24-7-6-19/h3-5,8-12H,7H2,1-2H3.